The molecule has 156 valence electrons. The number of phenolic OH excluding ortho intramolecular Hbond substituents is 2. The Morgan fingerprint density at radius 1 is 1.00 bits per heavy atom. The van der Waals surface area contributed by atoms with Gasteiger partial charge < -0.3 is 15.5 Å². The zero-order chi connectivity index (χ0) is 21.3. The van der Waals surface area contributed by atoms with E-state index >= 15 is 0 Å². The van der Waals surface area contributed by atoms with Crippen LogP contribution in [-0.2, 0) is 22.9 Å². The summed E-state index contributed by atoms with van der Waals surface area (Å²) in [6.45, 7) is 0.787. The number of anilines is 1. The lowest BCUT2D eigenvalue weighted by atomic mass is 9.90. The van der Waals surface area contributed by atoms with E-state index in [2.05, 4.69) is 32.6 Å². The van der Waals surface area contributed by atoms with Crippen molar-refractivity contribution in [2.75, 3.05) is 11.3 Å². The quantitative estimate of drug-likeness (QED) is 0.293. The molecule has 4 rings (SSSR count). The molecule has 1 aliphatic rings. The van der Waals surface area contributed by atoms with Crippen LogP contribution in [0.25, 0.3) is 0 Å². The van der Waals surface area contributed by atoms with Gasteiger partial charge >= 0.3 is 0 Å². The lowest BCUT2D eigenvalue weighted by Crippen LogP contribution is -2.31. The van der Waals surface area contributed by atoms with Crippen LogP contribution in [0.3, 0.4) is 0 Å². The highest BCUT2D eigenvalue weighted by molar-refractivity contribution is 14.1. The topological polar surface area (TPSA) is 98.7 Å². The van der Waals surface area contributed by atoms with Crippen LogP contribution in [0.4, 0.5) is 5.69 Å². The smallest absolute Gasteiger partial charge is 0.261 e. The average molecular weight is 536 g/mol. The van der Waals surface area contributed by atoms with Crippen LogP contribution in [0.1, 0.15) is 22.7 Å². The number of sulfonamides is 1. The van der Waals surface area contributed by atoms with E-state index in [4.69, 9.17) is 0 Å². The second-order valence-electron chi connectivity index (χ2n) is 7.26. The van der Waals surface area contributed by atoms with Crippen molar-refractivity contribution in [2.45, 2.75) is 23.8 Å². The molecule has 0 saturated carbocycles. The van der Waals surface area contributed by atoms with Gasteiger partial charge in [0.15, 0.2) is 11.5 Å². The molecule has 0 bridgehead atoms. The van der Waals surface area contributed by atoms with Crippen molar-refractivity contribution in [3.05, 3.63) is 80.9 Å². The molecule has 8 heteroatoms. The number of benzene rings is 3. The predicted molar refractivity (Wildman–Crippen MR) is 124 cm³/mol. The van der Waals surface area contributed by atoms with Gasteiger partial charge in [0.05, 0.1) is 4.90 Å². The molecule has 3 aromatic rings. The third-order valence-electron chi connectivity index (χ3n) is 5.17. The first-order valence-electron chi connectivity index (χ1n) is 9.47. The molecule has 1 aliphatic heterocycles. The van der Waals surface area contributed by atoms with Gasteiger partial charge in [-0.05, 0) is 107 Å². The molecular formula is C22H21IN2O4S. The number of hydrogen-bond donors (Lipinski definition) is 4. The highest BCUT2D eigenvalue weighted by Crippen LogP contribution is 2.35. The van der Waals surface area contributed by atoms with Crippen molar-refractivity contribution in [1.29, 1.82) is 0 Å². The average Bonchev–Trinajstić information content (AvgIpc) is 2.71. The monoisotopic (exact) mass is 536 g/mol. The number of rotatable bonds is 5. The third kappa shape index (κ3) is 4.55. The zero-order valence-electron chi connectivity index (χ0n) is 16.0. The van der Waals surface area contributed by atoms with E-state index in [1.807, 2.05) is 12.1 Å². The van der Waals surface area contributed by atoms with Gasteiger partial charge in [0.25, 0.3) is 10.0 Å². The molecule has 0 radical (unpaired) electrons. The summed E-state index contributed by atoms with van der Waals surface area (Å²) in [5, 5.41) is 23.1. The van der Waals surface area contributed by atoms with Gasteiger partial charge in [-0.3, -0.25) is 4.72 Å². The van der Waals surface area contributed by atoms with Gasteiger partial charge in [-0.1, -0.05) is 12.1 Å². The summed E-state index contributed by atoms with van der Waals surface area (Å²) in [4.78, 5) is 0.220. The highest BCUT2D eigenvalue weighted by atomic mass is 127. The molecule has 0 fully saturated rings. The summed E-state index contributed by atoms with van der Waals surface area (Å²) < 4.78 is 28.7. The number of aromatic hydroxyl groups is 2. The normalized spacial score (nSPS) is 16.1. The van der Waals surface area contributed by atoms with Crippen LogP contribution in [0.2, 0.25) is 0 Å². The molecule has 30 heavy (non-hydrogen) atoms. The summed E-state index contributed by atoms with van der Waals surface area (Å²) in [6.07, 6.45) is 1.47. The van der Waals surface area contributed by atoms with E-state index < -0.39 is 10.0 Å². The first-order valence-corrected chi connectivity index (χ1v) is 12.0. The number of halogens is 1. The zero-order valence-corrected chi connectivity index (χ0v) is 18.9. The van der Waals surface area contributed by atoms with Crippen molar-refractivity contribution >= 4 is 38.3 Å². The van der Waals surface area contributed by atoms with Crippen LogP contribution in [0, 0.1) is 3.57 Å². The molecule has 0 saturated heterocycles. The van der Waals surface area contributed by atoms with E-state index in [0.717, 1.165) is 33.2 Å². The van der Waals surface area contributed by atoms with Crippen LogP contribution in [0.15, 0.2) is 65.6 Å². The van der Waals surface area contributed by atoms with E-state index in [9.17, 15) is 18.6 Å². The Morgan fingerprint density at radius 2 is 1.67 bits per heavy atom. The standard InChI is InChI=1S/C22H21IN2O4S/c23-16-3-7-18(8-4-16)30(28,29)25-17-5-1-14(2-6-17)11-20-19-13-22(27)21(26)12-15(19)9-10-24-20/h1-8,12-13,20,24-27H,9-11H2. The second kappa shape index (κ2) is 8.44. The minimum atomic E-state index is -3.64. The van der Waals surface area contributed by atoms with Crippen molar-refractivity contribution in [3.63, 3.8) is 0 Å². The second-order valence-corrected chi connectivity index (χ2v) is 10.2. The molecule has 6 nitrogen and oxygen atoms in total. The van der Waals surface area contributed by atoms with Gasteiger partial charge in [-0.15, -0.1) is 0 Å². The SMILES string of the molecule is O=S(=O)(Nc1ccc(CC2NCCc3cc(O)c(O)cc32)cc1)c1ccc(I)cc1. The molecule has 0 spiro atoms. The van der Waals surface area contributed by atoms with Gasteiger partial charge in [0, 0.05) is 15.3 Å². The minimum Gasteiger partial charge on any atom is -0.504 e. The summed E-state index contributed by atoms with van der Waals surface area (Å²) in [5.41, 5.74) is 3.53. The summed E-state index contributed by atoms with van der Waals surface area (Å²) in [7, 11) is -3.64. The van der Waals surface area contributed by atoms with Crippen molar-refractivity contribution in [2.24, 2.45) is 0 Å². The summed E-state index contributed by atoms with van der Waals surface area (Å²) >= 11 is 2.13. The maximum Gasteiger partial charge on any atom is 0.261 e. The van der Waals surface area contributed by atoms with Crippen LogP contribution < -0.4 is 10.0 Å². The van der Waals surface area contributed by atoms with E-state index in [0.29, 0.717) is 12.1 Å². The number of fused-ring (bicyclic) bond motifs is 1. The largest absolute Gasteiger partial charge is 0.504 e. The first-order chi connectivity index (χ1) is 14.3. The van der Waals surface area contributed by atoms with Crippen LogP contribution in [-0.4, -0.2) is 25.2 Å². The molecule has 3 aromatic carbocycles. The fraction of sp³-hybridized carbons (Fsp3) is 0.182. The molecule has 0 aromatic heterocycles. The third-order valence-corrected chi connectivity index (χ3v) is 7.28. The van der Waals surface area contributed by atoms with E-state index in [1.165, 1.54) is 0 Å². The fourth-order valence-corrected chi connectivity index (χ4v) is 5.04. The predicted octanol–water partition coefficient (Wildman–Crippen LogP) is 3.93. The first kappa shape index (κ1) is 21.0. The number of phenols is 2. The molecule has 0 amide bonds. The van der Waals surface area contributed by atoms with E-state index in [-0.39, 0.29) is 22.4 Å². The Labute approximate surface area is 189 Å². The molecule has 4 N–H and O–H groups in total. The van der Waals surface area contributed by atoms with Crippen molar-refractivity contribution < 1.29 is 18.6 Å². The van der Waals surface area contributed by atoms with Gasteiger partial charge in [0.2, 0.25) is 0 Å². The van der Waals surface area contributed by atoms with E-state index in [1.54, 1.807) is 48.5 Å². The Hall–Kier alpha value is -2.30. The highest BCUT2D eigenvalue weighted by Gasteiger charge is 2.22. The van der Waals surface area contributed by atoms with Gasteiger partial charge in [-0.2, -0.15) is 0 Å². The molecule has 0 aliphatic carbocycles. The minimum absolute atomic E-state index is 0.00887. The summed E-state index contributed by atoms with van der Waals surface area (Å²) in [5.74, 6) is -0.220. The lowest BCUT2D eigenvalue weighted by Gasteiger charge is -2.27. The number of hydrogen-bond acceptors (Lipinski definition) is 5. The van der Waals surface area contributed by atoms with Gasteiger partial charge in [0.1, 0.15) is 0 Å². The Morgan fingerprint density at radius 3 is 2.37 bits per heavy atom. The maximum atomic E-state index is 12.5. The maximum absolute atomic E-state index is 12.5. The number of nitrogens with one attached hydrogen (secondary N) is 2. The fourth-order valence-electron chi connectivity index (χ4n) is 3.62. The van der Waals surface area contributed by atoms with Crippen LogP contribution in [0.5, 0.6) is 11.5 Å². The van der Waals surface area contributed by atoms with Crippen molar-refractivity contribution in [1.82, 2.24) is 5.32 Å². The molecular weight excluding hydrogens is 515 g/mol. The van der Waals surface area contributed by atoms with Crippen molar-refractivity contribution in [3.8, 4) is 11.5 Å². The molecule has 1 heterocycles. The Kier molecular flexibility index (Phi) is 5.90. The lowest BCUT2D eigenvalue weighted by molar-refractivity contribution is 0.398. The van der Waals surface area contributed by atoms with Gasteiger partial charge in [-0.25, -0.2) is 8.42 Å². The summed E-state index contributed by atoms with van der Waals surface area (Å²) in [6, 6.07) is 17.2. The molecule has 1 atom stereocenters. The molecule has 1 unspecified atom stereocenters. The van der Waals surface area contributed by atoms with Crippen LogP contribution >= 0.6 is 22.6 Å². The Bertz CT molecular complexity index is 1160. The Balaban J connectivity index is 1.49.